The summed E-state index contributed by atoms with van der Waals surface area (Å²) in [5.41, 5.74) is 2.59. The summed E-state index contributed by atoms with van der Waals surface area (Å²) >= 11 is 0. The number of anilines is 3. The fourth-order valence-electron chi connectivity index (χ4n) is 2.97. The molecule has 3 N–H and O–H groups in total. The first-order valence-electron chi connectivity index (χ1n) is 8.95. The molecular formula is C20H24N4O2. The highest BCUT2D eigenvalue weighted by Gasteiger charge is 2.11. The van der Waals surface area contributed by atoms with Gasteiger partial charge < -0.3 is 20.9 Å². The Hall–Kier alpha value is -3.02. The Kier molecular flexibility index (Phi) is 6.09. The molecule has 1 aliphatic rings. The summed E-state index contributed by atoms with van der Waals surface area (Å²) < 4.78 is 0. The van der Waals surface area contributed by atoms with Crippen LogP contribution in [0.15, 0.2) is 54.6 Å². The molecule has 1 saturated heterocycles. The van der Waals surface area contributed by atoms with E-state index < -0.39 is 6.03 Å². The van der Waals surface area contributed by atoms with Gasteiger partial charge in [0, 0.05) is 30.2 Å². The van der Waals surface area contributed by atoms with E-state index in [0.29, 0.717) is 5.69 Å². The van der Waals surface area contributed by atoms with Gasteiger partial charge in [-0.3, -0.25) is 4.79 Å². The highest BCUT2D eigenvalue weighted by molar-refractivity contribution is 5.97. The summed E-state index contributed by atoms with van der Waals surface area (Å²) in [5, 5.41) is 8.00. The Morgan fingerprint density at radius 3 is 2.15 bits per heavy atom. The first-order chi connectivity index (χ1) is 12.7. The number of hydrogen-bond donors (Lipinski definition) is 3. The van der Waals surface area contributed by atoms with Crippen molar-refractivity contribution in [1.82, 2.24) is 5.32 Å². The third kappa shape index (κ3) is 5.24. The molecular weight excluding hydrogens is 328 g/mol. The molecule has 0 radical (unpaired) electrons. The number of carbonyl (C=O) groups excluding carboxylic acids is 2. The van der Waals surface area contributed by atoms with Gasteiger partial charge in [-0.25, -0.2) is 4.79 Å². The lowest BCUT2D eigenvalue weighted by molar-refractivity contribution is -0.115. The number of nitrogens with zero attached hydrogens (tertiary/aromatic N) is 1. The molecule has 1 aliphatic heterocycles. The van der Waals surface area contributed by atoms with Crippen LogP contribution in [0.5, 0.6) is 0 Å². The fraction of sp³-hybridized carbons (Fsp3) is 0.300. The molecule has 0 aromatic heterocycles. The van der Waals surface area contributed by atoms with E-state index in [4.69, 9.17) is 0 Å². The molecule has 136 valence electrons. The molecule has 0 aliphatic carbocycles. The number of para-hydroxylation sites is 1. The number of benzene rings is 2. The highest BCUT2D eigenvalue weighted by Crippen LogP contribution is 2.21. The van der Waals surface area contributed by atoms with Crippen molar-refractivity contribution in [2.45, 2.75) is 19.3 Å². The number of amides is 3. The minimum absolute atomic E-state index is 0.0907. The Morgan fingerprint density at radius 2 is 1.46 bits per heavy atom. The van der Waals surface area contributed by atoms with Gasteiger partial charge in [-0.15, -0.1) is 0 Å². The molecule has 0 atom stereocenters. The highest BCUT2D eigenvalue weighted by atomic mass is 16.2. The minimum atomic E-state index is -0.410. The molecule has 1 fully saturated rings. The minimum Gasteiger partial charge on any atom is -0.372 e. The third-order valence-electron chi connectivity index (χ3n) is 4.31. The van der Waals surface area contributed by atoms with Crippen LogP contribution in [-0.2, 0) is 4.79 Å². The maximum atomic E-state index is 12.0. The van der Waals surface area contributed by atoms with E-state index >= 15 is 0 Å². The quantitative estimate of drug-likeness (QED) is 0.772. The summed E-state index contributed by atoms with van der Waals surface area (Å²) in [7, 11) is 0. The Bertz CT molecular complexity index is 725. The van der Waals surface area contributed by atoms with Crippen molar-refractivity contribution >= 4 is 29.0 Å². The first-order valence-corrected chi connectivity index (χ1v) is 8.95. The second-order valence-electron chi connectivity index (χ2n) is 6.32. The SMILES string of the molecule is O=C(CNC(=O)Nc1ccccc1)Nc1ccc(N2CCCCC2)cc1. The Balaban J connectivity index is 1.43. The van der Waals surface area contributed by atoms with E-state index in [1.807, 2.05) is 42.5 Å². The van der Waals surface area contributed by atoms with Gasteiger partial charge in [0.25, 0.3) is 0 Å². The monoisotopic (exact) mass is 352 g/mol. The molecule has 0 saturated carbocycles. The lowest BCUT2D eigenvalue weighted by Gasteiger charge is -2.28. The van der Waals surface area contributed by atoms with Gasteiger partial charge in [0.15, 0.2) is 0 Å². The van der Waals surface area contributed by atoms with Crippen molar-refractivity contribution < 1.29 is 9.59 Å². The van der Waals surface area contributed by atoms with Crippen LogP contribution in [0.2, 0.25) is 0 Å². The van der Waals surface area contributed by atoms with Crippen LogP contribution >= 0.6 is 0 Å². The van der Waals surface area contributed by atoms with Crippen molar-refractivity contribution in [1.29, 1.82) is 0 Å². The van der Waals surface area contributed by atoms with Crippen LogP contribution in [0.1, 0.15) is 19.3 Å². The van der Waals surface area contributed by atoms with Crippen molar-refractivity contribution in [3.05, 3.63) is 54.6 Å². The van der Waals surface area contributed by atoms with E-state index in [-0.39, 0.29) is 12.5 Å². The van der Waals surface area contributed by atoms with Crippen LogP contribution in [0.25, 0.3) is 0 Å². The second kappa shape index (κ2) is 8.89. The number of piperidine rings is 1. The van der Waals surface area contributed by atoms with Crippen LogP contribution < -0.4 is 20.9 Å². The zero-order valence-electron chi connectivity index (χ0n) is 14.7. The largest absolute Gasteiger partial charge is 0.372 e. The van der Waals surface area contributed by atoms with Gasteiger partial charge >= 0.3 is 6.03 Å². The maximum Gasteiger partial charge on any atom is 0.319 e. The van der Waals surface area contributed by atoms with Crippen molar-refractivity contribution in [2.24, 2.45) is 0 Å². The summed E-state index contributed by atoms with van der Waals surface area (Å²) in [6.45, 7) is 2.09. The van der Waals surface area contributed by atoms with E-state index in [1.165, 1.54) is 24.9 Å². The Labute approximate surface area is 153 Å². The van der Waals surface area contributed by atoms with Crippen LogP contribution in [0.4, 0.5) is 21.9 Å². The second-order valence-corrected chi connectivity index (χ2v) is 6.32. The van der Waals surface area contributed by atoms with Gasteiger partial charge in [0.05, 0.1) is 6.54 Å². The fourth-order valence-corrected chi connectivity index (χ4v) is 2.97. The summed E-state index contributed by atoms with van der Waals surface area (Å²) in [6.07, 6.45) is 3.76. The Morgan fingerprint density at radius 1 is 0.808 bits per heavy atom. The first kappa shape index (κ1) is 17.8. The van der Waals surface area contributed by atoms with Gasteiger partial charge in [-0.2, -0.15) is 0 Å². The van der Waals surface area contributed by atoms with Crippen LogP contribution in [0, 0.1) is 0 Å². The topological polar surface area (TPSA) is 73.5 Å². The average molecular weight is 352 g/mol. The molecule has 0 bridgehead atoms. The zero-order chi connectivity index (χ0) is 18.2. The normalized spacial score (nSPS) is 13.8. The number of rotatable bonds is 5. The smallest absolute Gasteiger partial charge is 0.319 e. The molecule has 0 unspecified atom stereocenters. The van der Waals surface area contributed by atoms with Gasteiger partial charge in [-0.05, 0) is 55.7 Å². The standard InChI is InChI=1S/C20H24N4O2/c25-19(15-21-20(26)23-16-7-3-1-4-8-16)22-17-9-11-18(12-10-17)24-13-5-2-6-14-24/h1,3-4,7-12H,2,5-6,13-15H2,(H,22,25)(H2,21,23,26). The van der Waals surface area contributed by atoms with Crippen molar-refractivity contribution in [2.75, 3.05) is 35.2 Å². The number of carbonyl (C=O) groups is 2. The molecule has 6 nitrogen and oxygen atoms in total. The van der Waals surface area contributed by atoms with Gasteiger partial charge in [-0.1, -0.05) is 18.2 Å². The van der Waals surface area contributed by atoms with Gasteiger partial charge in [0.1, 0.15) is 0 Å². The molecule has 2 aromatic carbocycles. The lowest BCUT2D eigenvalue weighted by atomic mass is 10.1. The summed E-state index contributed by atoms with van der Waals surface area (Å²) in [5.74, 6) is -0.265. The number of hydrogen-bond acceptors (Lipinski definition) is 3. The third-order valence-corrected chi connectivity index (χ3v) is 4.31. The number of urea groups is 1. The van der Waals surface area contributed by atoms with E-state index in [9.17, 15) is 9.59 Å². The summed E-state index contributed by atoms with van der Waals surface area (Å²) in [6, 6.07) is 16.5. The average Bonchev–Trinajstić information content (AvgIpc) is 2.68. The van der Waals surface area contributed by atoms with E-state index in [2.05, 4.69) is 20.9 Å². The lowest BCUT2D eigenvalue weighted by Crippen LogP contribution is -2.35. The molecule has 6 heteroatoms. The van der Waals surface area contributed by atoms with Crippen LogP contribution in [0.3, 0.4) is 0 Å². The maximum absolute atomic E-state index is 12.0. The van der Waals surface area contributed by atoms with Crippen LogP contribution in [-0.4, -0.2) is 31.6 Å². The van der Waals surface area contributed by atoms with E-state index in [1.54, 1.807) is 12.1 Å². The number of nitrogens with one attached hydrogen (secondary N) is 3. The molecule has 2 aromatic rings. The predicted octanol–water partition coefficient (Wildman–Crippen LogP) is 3.44. The summed E-state index contributed by atoms with van der Waals surface area (Å²) in [4.78, 5) is 26.1. The van der Waals surface area contributed by atoms with Crippen molar-refractivity contribution in [3.63, 3.8) is 0 Å². The molecule has 3 rings (SSSR count). The molecule has 3 amide bonds. The molecule has 26 heavy (non-hydrogen) atoms. The predicted molar refractivity (Wildman–Crippen MR) is 105 cm³/mol. The van der Waals surface area contributed by atoms with Crippen molar-refractivity contribution in [3.8, 4) is 0 Å². The molecule has 0 spiro atoms. The van der Waals surface area contributed by atoms with E-state index in [0.717, 1.165) is 18.8 Å². The van der Waals surface area contributed by atoms with Gasteiger partial charge in [0.2, 0.25) is 5.91 Å². The zero-order valence-corrected chi connectivity index (χ0v) is 14.7. The molecule has 1 heterocycles.